The molecule has 1 saturated heterocycles. The summed E-state index contributed by atoms with van der Waals surface area (Å²) in [5, 5.41) is 3.33. The van der Waals surface area contributed by atoms with Gasteiger partial charge in [0.1, 0.15) is 0 Å². The highest BCUT2D eigenvalue weighted by molar-refractivity contribution is 5.82. The highest BCUT2D eigenvalue weighted by Gasteiger charge is 2.30. The molecule has 1 fully saturated rings. The second-order valence-corrected chi connectivity index (χ2v) is 7.01. The standard InChI is InChI=1S/C19H27F3N2O/c1-14(2)17(18(25)24-12-3-4-13-24)23-11-5-6-15-7-9-16(10-8-15)19(20,21)22/h7-10,14,17,23H,3-6,11-13H2,1-2H3/t17-/m0/s1. The molecule has 0 aliphatic carbocycles. The van der Waals surface area contributed by atoms with E-state index in [0.29, 0.717) is 13.0 Å². The molecule has 1 aliphatic rings. The molecule has 0 bridgehead atoms. The molecular weight excluding hydrogens is 329 g/mol. The quantitative estimate of drug-likeness (QED) is 0.752. The number of carbonyl (C=O) groups is 1. The first-order valence-electron chi connectivity index (χ1n) is 8.97. The summed E-state index contributed by atoms with van der Waals surface area (Å²) in [6, 6.07) is 5.11. The summed E-state index contributed by atoms with van der Waals surface area (Å²) in [5.74, 6) is 0.376. The number of nitrogens with zero attached hydrogens (tertiary/aromatic N) is 1. The Balaban J connectivity index is 1.79. The van der Waals surface area contributed by atoms with Gasteiger partial charge in [0.2, 0.25) is 5.91 Å². The third-order valence-electron chi connectivity index (χ3n) is 4.64. The third-order valence-corrected chi connectivity index (χ3v) is 4.64. The number of hydrogen-bond donors (Lipinski definition) is 1. The lowest BCUT2D eigenvalue weighted by molar-refractivity contribution is -0.137. The number of benzene rings is 1. The summed E-state index contributed by atoms with van der Waals surface area (Å²) in [4.78, 5) is 14.5. The maximum absolute atomic E-state index is 12.5. The van der Waals surface area contributed by atoms with E-state index in [-0.39, 0.29) is 17.9 Å². The van der Waals surface area contributed by atoms with Gasteiger partial charge in [-0.2, -0.15) is 13.2 Å². The Hall–Kier alpha value is -1.56. The number of hydrogen-bond acceptors (Lipinski definition) is 2. The van der Waals surface area contributed by atoms with Gasteiger partial charge in [0.05, 0.1) is 11.6 Å². The van der Waals surface area contributed by atoms with Crippen molar-refractivity contribution in [2.75, 3.05) is 19.6 Å². The fourth-order valence-corrected chi connectivity index (χ4v) is 3.15. The van der Waals surface area contributed by atoms with Crippen molar-refractivity contribution in [3.05, 3.63) is 35.4 Å². The van der Waals surface area contributed by atoms with Gasteiger partial charge in [-0.3, -0.25) is 4.79 Å². The smallest absolute Gasteiger partial charge is 0.341 e. The number of alkyl halides is 3. The Labute approximate surface area is 147 Å². The van der Waals surface area contributed by atoms with Crippen LogP contribution in [0.15, 0.2) is 24.3 Å². The van der Waals surface area contributed by atoms with Gasteiger partial charge in [-0.25, -0.2) is 0 Å². The van der Waals surface area contributed by atoms with Crippen LogP contribution in [0.4, 0.5) is 13.2 Å². The molecular formula is C19H27F3N2O. The molecule has 6 heteroatoms. The van der Waals surface area contributed by atoms with Crippen molar-refractivity contribution in [1.29, 1.82) is 0 Å². The van der Waals surface area contributed by atoms with Gasteiger partial charge in [-0.1, -0.05) is 26.0 Å². The Morgan fingerprint density at radius 1 is 1.16 bits per heavy atom. The fourth-order valence-electron chi connectivity index (χ4n) is 3.15. The first-order valence-corrected chi connectivity index (χ1v) is 8.97. The largest absolute Gasteiger partial charge is 0.416 e. The van der Waals surface area contributed by atoms with E-state index in [0.717, 1.165) is 50.0 Å². The number of rotatable bonds is 7. The highest BCUT2D eigenvalue weighted by atomic mass is 19.4. The number of aryl methyl sites for hydroxylation is 1. The number of amides is 1. The molecule has 1 aliphatic heterocycles. The molecule has 140 valence electrons. The van der Waals surface area contributed by atoms with Crippen molar-refractivity contribution in [3.8, 4) is 0 Å². The molecule has 2 rings (SSSR count). The molecule has 1 amide bonds. The van der Waals surface area contributed by atoms with E-state index in [1.807, 2.05) is 18.7 Å². The van der Waals surface area contributed by atoms with Crippen molar-refractivity contribution in [2.45, 2.75) is 51.7 Å². The topological polar surface area (TPSA) is 32.3 Å². The summed E-state index contributed by atoms with van der Waals surface area (Å²) >= 11 is 0. The maximum Gasteiger partial charge on any atom is 0.416 e. The number of likely N-dealkylation sites (tertiary alicyclic amines) is 1. The van der Waals surface area contributed by atoms with Gasteiger partial charge in [0.15, 0.2) is 0 Å². The zero-order chi connectivity index (χ0) is 18.4. The number of nitrogens with one attached hydrogen (secondary N) is 1. The van der Waals surface area contributed by atoms with E-state index in [4.69, 9.17) is 0 Å². The Morgan fingerprint density at radius 2 is 1.76 bits per heavy atom. The van der Waals surface area contributed by atoms with E-state index in [1.54, 1.807) is 0 Å². The number of carbonyl (C=O) groups excluding carboxylic acids is 1. The summed E-state index contributed by atoms with van der Waals surface area (Å²) in [6.45, 7) is 6.41. The van der Waals surface area contributed by atoms with Crippen molar-refractivity contribution in [2.24, 2.45) is 5.92 Å². The lowest BCUT2D eigenvalue weighted by Gasteiger charge is -2.26. The van der Waals surface area contributed by atoms with Crippen molar-refractivity contribution in [1.82, 2.24) is 10.2 Å². The average molecular weight is 356 g/mol. The van der Waals surface area contributed by atoms with Gasteiger partial charge in [-0.15, -0.1) is 0 Å². The molecule has 25 heavy (non-hydrogen) atoms. The first kappa shape index (κ1) is 19.8. The van der Waals surface area contributed by atoms with Crippen LogP contribution in [0.25, 0.3) is 0 Å². The van der Waals surface area contributed by atoms with Crippen LogP contribution >= 0.6 is 0 Å². The summed E-state index contributed by atoms with van der Waals surface area (Å²) in [6.07, 6.45) is -0.675. The Bertz CT molecular complexity index is 549. The van der Waals surface area contributed by atoms with E-state index >= 15 is 0 Å². The molecule has 0 unspecified atom stereocenters. The molecule has 3 nitrogen and oxygen atoms in total. The minimum atomic E-state index is -4.29. The van der Waals surface area contributed by atoms with Gasteiger partial charge in [0, 0.05) is 13.1 Å². The predicted octanol–water partition coefficient (Wildman–Crippen LogP) is 3.87. The second-order valence-electron chi connectivity index (χ2n) is 7.01. The van der Waals surface area contributed by atoms with E-state index in [2.05, 4.69) is 5.32 Å². The molecule has 0 radical (unpaired) electrons. The van der Waals surface area contributed by atoms with E-state index in [1.165, 1.54) is 12.1 Å². The highest BCUT2D eigenvalue weighted by Crippen LogP contribution is 2.29. The fraction of sp³-hybridized carbons (Fsp3) is 0.632. The second kappa shape index (κ2) is 8.70. The van der Waals surface area contributed by atoms with Crippen LogP contribution in [0.3, 0.4) is 0 Å². The normalized spacial score (nSPS) is 16.5. The summed E-state index contributed by atoms with van der Waals surface area (Å²) in [7, 11) is 0. The Morgan fingerprint density at radius 3 is 2.28 bits per heavy atom. The van der Waals surface area contributed by atoms with Gasteiger partial charge in [-0.05, 0) is 55.8 Å². The van der Waals surface area contributed by atoms with Crippen molar-refractivity contribution >= 4 is 5.91 Å². The van der Waals surface area contributed by atoms with Crippen LogP contribution in [0.5, 0.6) is 0 Å². The molecule has 0 saturated carbocycles. The van der Waals surface area contributed by atoms with Crippen molar-refractivity contribution in [3.63, 3.8) is 0 Å². The molecule has 1 heterocycles. The SMILES string of the molecule is CC(C)[C@H](NCCCc1ccc(C(F)(F)F)cc1)C(=O)N1CCCC1. The zero-order valence-electron chi connectivity index (χ0n) is 14.9. The minimum Gasteiger partial charge on any atom is -0.341 e. The average Bonchev–Trinajstić information content (AvgIpc) is 3.08. The van der Waals surface area contributed by atoms with Gasteiger partial charge < -0.3 is 10.2 Å². The van der Waals surface area contributed by atoms with Crippen molar-refractivity contribution < 1.29 is 18.0 Å². The lowest BCUT2D eigenvalue weighted by Crippen LogP contribution is -2.48. The predicted molar refractivity (Wildman–Crippen MR) is 92.2 cm³/mol. The third kappa shape index (κ3) is 5.73. The molecule has 0 spiro atoms. The monoisotopic (exact) mass is 356 g/mol. The Kier molecular flexibility index (Phi) is 6.87. The van der Waals surface area contributed by atoms with E-state index < -0.39 is 11.7 Å². The first-order chi connectivity index (χ1) is 11.8. The molecule has 1 atom stereocenters. The van der Waals surface area contributed by atoms with Gasteiger partial charge in [0.25, 0.3) is 0 Å². The van der Waals surface area contributed by atoms with Crippen LogP contribution in [0.2, 0.25) is 0 Å². The van der Waals surface area contributed by atoms with Crippen LogP contribution in [0.1, 0.15) is 44.2 Å². The van der Waals surface area contributed by atoms with Crippen LogP contribution in [-0.4, -0.2) is 36.5 Å². The molecule has 1 aromatic carbocycles. The zero-order valence-corrected chi connectivity index (χ0v) is 14.9. The van der Waals surface area contributed by atoms with Crippen LogP contribution < -0.4 is 5.32 Å². The van der Waals surface area contributed by atoms with E-state index in [9.17, 15) is 18.0 Å². The lowest BCUT2D eigenvalue weighted by atomic mass is 10.0. The summed E-state index contributed by atoms with van der Waals surface area (Å²) in [5.41, 5.74) is 0.257. The van der Waals surface area contributed by atoms with Crippen LogP contribution in [-0.2, 0) is 17.4 Å². The van der Waals surface area contributed by atoms with Gasteiger partial charge >= 0.3 is 6.18 Å². The molecule has 0 aromatic heterocycles. The number of halogens is 3. The molecule has 1 N–H and O–H groups in total. The molecule has 1 aromatic rings. The summed E-state index contributed by atoms with van der Waals surface area (Å²) < 4.78 is 37.6. The minimum absolute atomic E-state index is 0.169. The maximum atomic E-state index is 12.5. The van der Waals surface area contributed by atoms with Crippen LogP contribution in [0, 0.1) is 5.92 Å².